The van der Waals surface area contributed by atoms with Gasteiger partial charge in [-0.25, -0.2) is 4.39 Å². The first-order chi connectivity index (χ1) is 15.0. The van der Waals surface area contributed by atoms with Crippen molar-refractivity contribution in [2.75, 3.05) is 25.2 Å². The van der Waals surface area contributed by atoms with E-state index in [1.54, 1.807) is 24.9 Å². The zero-order valence-corrected chi connectivity index (χ0v) is 17.8. The summed E-state index contributed by atoms with van der Waals surface area (Å²) in [7, 11) is 1.76. The molecular weight excluding hydrogens is 399 g/mol. The van der Waals surface area contributed by atoms with E-state index in [2.05, 4.69) is 5.10 Å². The normalized spacial score (nSPS) is 14.7. The van der Waals surface area contributed by atoms with Crippen LogP contribution in [-0.4, -0.2) is 35.9 Å². The molecule has 3 aromatic rings. The third-order valence-electron chi connectivity index (χ3n) is 5.65. The molecule has 0 aliphatic carbocycles. The molecule has 0 amide bonds. The van der Waals surface area contributed by atoms with Crippen LogP contribution in [0.4, 0.5) is 10.2 Å². The standard InChI is InChI=1S/C23H27FN4O3/c1-15-11-19(14-31-15)23(29)28-22(20(24)21(26-28)18-7-9-30-10-8-18)27(2)13-17-5-3-16(12-25)4-6-17/h3-6,11,14,18H,7-10,12-13,25H2,1-2H3. The Labute approximate surface area is 180 Å². The average Bonchev–Trinajstić information content (AvgIpc) is 3.37. The van der Waals surface area contributed by atoms with E-state index in [0.717, 1.165) is 11.1 Å². The number of halogens is 1. The molecule has 0 atom stereocenters. The molecule has 1 fully saturated rings. The van der Waals surface area contributed by atoms with Gasteiger partial charge in [-0.15, -0.1) is 0 Å². The van der Waals surface area contributed by atoms with E-state index < -0.39 is 11.7 Å². The van der Waals surface area contributed by atoms with Gasteiger partial charge in [-0.3, -0.25) is 4.79 Å². The van der Waals surface area contributed by atoms with Gasteiger partial charge in [0.15, 0.2) is 11.6 Å². The van der Waals surface area contributed by atoms with E-state index >= 15 is 4.39 Å². The topological polar surface area (TPSA) is 86.5 Å². The summed E-state index contributed by atoms with van der Waals surface area (Å²) in [5.41, 5.74) is 8.32. The molecule has 4 rings (SSSR count). The second-order valence-electron chi connectivity index (χ2n) is 7.95. The van der Waals surface area contributed by atoms with Crippen molar-refractivity contribution < 1.29 is 18.3 Å². The van der Waals surface area contributed by atoms with E-state index in [4.69, 9.17) is 14.9 Å². The maximum atomic E-state index is 15.7. The molecule has 0 spiro atoms. The minimum atomic E-state index is -0.457. The Balaban J connectivity index is 1.70. The van der Waals surface area contributed by atoms with Gasteiger partial charge in [-0.2, -0.15) is 9.78 Å². The van der Waals surface area contributed by atoms with E-state index in [1.807, 2.05) is 24.3 Å². The van der Waals surface area contributed by atoms with Gasteiger partial charge in [-0.1, -0.05) is 24.3 Å². The number of nitrogens with two attached hydrogens (primary N) is 1. The van der Waals surface area contributed by atoms with Gasteiger partial charge in [0.2, 0.25) is 0 Å². The van der Waals surface area contributed by atoms with Crippen LogP contribution in [0.25, 0.3) is 0 Å². The predicted molar refractivity (Wildman–Crippen MR) is 115 cm³/mol. The SMILES string of the molecule is Cc1cc(C(=O)n2nc(C3CCOCC3)c(F)c2N(C)Cc2ccc(CN)cc2)co1. The lowest BCUT2D eigenvalue weighted by atomic mass is 9.96. The van der Waals surface area contributed by atoms with Gasteiger partial charge in [0.25, 0.3) is 5.91 Å². The van der Waals surface area contributed by atoms with Crippen LogP contribution in [0.2, 0.25) is 0 Å². The maximum Gasteiger partial charge on any atom is 0.283 e. The number of furan rings is 1. The molecule has 0 unspecified atom stereocenters. The third-order valence-corrected chi connectivity index (χ3v) is 5.65. The Morgan fingerprint density at radius 1 is 1.26 bits per heavy atom. The van der Waals surface area contributed by atoms with Crippen LogP contribution in [0, 0.1) is 12.7 Å². The molecule has 0 radical (unpaired) electrons. The second-order valence-corrected chi connectivity index (χ2v) is 7.95. The van der Waals surface area contributed by atoms with Gasteiger partial charge in [0.1, 0.15) is 17.7 Å². The number of anilines is 1. The van der Waals surface area contributed by atoms with Gasteiger partial charge >= 0.3 is 0 Å². The van der Waals surface area contributed by atoms with Gasteiger partial charge in [-0.05, 0) is 37.0 Å². The van der Waals surface area contributed by atoms with Crippen LogP contribution in [0.15, 0.2) is 41.0 Å². The van der Waals surface area contributed by atoms with Crippen molar-refractivity contribution in [1.29, 1.82) is 0 Å². The van der Waals surface area contributed by atoms with Crippen LogP contribution in [-0.2, 0) is 17.8 Å². The van der Waals surface area contributed by atoms with Crippen LogP contribution >= 0.6 is 0 Å². The zero-order chi connectivity index (χ0) is 22.0. The van der Waals surface area contributed by atoms with Crippen LogP contribution in [0.5, 0.6) is 0 Å². The van der Waals surface area contributed by atoms with Crippen molar-refractivity contribution >= 4 is 11.7 Å². The molecule has 31 heavy (non-hydrogen) atoms. The first-order valence-electron chi connectivity index (χ1n) is 10.4. The van der Waals surface area contributed by atoms with Crippen molar-refractivity contribution in [3.8, 4) is 0 Å². The summed E-state index contributed by atoms with van der Waals surface area (Å²) in [5, 5.41) is 4.45. The number of aryl methyl sites for hydroxylation is 1. The van der Waals surface area contributed by atoms with E-state index in [0.29, 0.717) is 56.2 Å². The Morgan fingerprint density at radius 3 is 2.55 bits per heavy atom. The monoisotopic (exact) mass is 426 g/mol. The van der Waals surface area contributed by atoms with Gasteiger partial charge < -0.3 is 19.8 Å². The Kier molecular flexibility index (Phi) is 6.20. The number of carbonyl (C=O) groups is 1. The molecule has 0 saturated carbocycles. The molecule has 1 saturated heterocycles. The van der Waals surface area contributed by atoms with Crippen LogP contribution in [0.3, 0.4) is 0 Å². The molecule has 3 heterocycles. The molecule has 0 bridgehead atoms. The number of rotatable bonds is 6. The number of ether oxygens (including phenoxy) is 1. The molecule has 2 N–H and O–H groups in total. The quantitative estimate of drug-likeness (QED) is 0.648. The number of nitrogens with zero attached hydrogens (tertiary/aromatic N) is 3. The molecule has 8 heteroatoms. The summed E-state index contributed by atoms with van der Waals surface area (Å²) in [6.45, 7) is 3.75. The van der Waals surface area contributed by atoms with Crippen molar-refractivity contribution in [2.24, 2.45) is 5.73 Å². The molecule has 2 aromatic heterocycles. The Morgan fingerprint density at radius 2 is 1.94 bits per heavy atom. The molecule has 164 valence electrons. The van der Waals surface area contributed by atoms with Crippen molar-refractivity contribution in [3.63, 3.8) is 0 Å². The fraction of sp³-hybridized carbons (Fsp3) is 0.391. The summed E-state index contributed by atoms with van der Waals surface area (Å²) in [6.07, 6.45) is 2.73. The minimum Gasteiger partial charge on any atom is -0.469 e. The third kappa shape index (κ3) is 4.40. The van der Waals surface area contributed by atoms with E-state index in [-0.39, 0.29) is 11.7 Å². The summed E-state index contributed by atoms with van der Waals surface area (Å²) in [6, 6.07) is 9.44. The lowest BCUT2D eigenvalue weighted by Crippen LogP contribution is -2.25. The highest BCUT2D eigenvalue weighted by Gasteiger charge is 2.31. The van der Waals surface area contributed by atoms with E-state index in [9.17, 15) is 4.79 Å². The number of hydrogen-bond donors (Lipinski definition) is 1. The molecule has 1 aliphatic rings. The van der Waals surface area contributed by atoms with Crippen molar-refractivity contribution in [2.45, 2.75) is 38.8 Å². The number of hydrogen-bond acceptors (Lipinski definition) is 6. The zero-order valence-electron chi connectivity index (χ0n) is 17.8. The van der Waals surface area contributed by atoms with Crippen molar-refractivity contribution in [1.82, 2.24) is 9.78 Å². The minimum absolute atomic E-state index is 0.0788. The fourth-order valence-corrected chi connectivity index (χ4v) is 3.92. The number of aromatic nitrogens is 2. The lowest BCUT2D eigenvalue weighted by Gasteiger charge is -2.21. The average molecular weight is 426 g/mol. The highest BCUT2D eigenvalue weighted by molar-refractivity contribution is 5.97. The number of benzene rings is 1. The Bertz CT molecular complexity index is 1050. The first-order valence-corrected chi connectivity index (χ1v) is 10.4. The summed E-state index contributed by atoms with van der Waals surface area (Å²) in [4.78, 5) is 14.9. The summed E-state index contributed by atoms with van der Waals surface area (Å²) in [5.74, 6) is -0.204. The molecular formula is C23H27FN4O3. The second kappa shape index (κ2) is 9.03. The first kappa shape index (κ1) is 21.3. The van der Waals surface area contributed by atoms with E-state index in [1.165, 1.54) is 10.9 Å². The van der Waals surface area contributed by atoms with Crippen LogP contribution < -0.4 is 10.6 Å². The van der Waals surface area contributed by atoms with Gasteiger partial charge in [0, 0.05) is 39.3 Å². The lowest BCUT2D eigenvalue weighted by molar-refractivity contribution is 0.0834. The maximum absolute atomic E-state index is 15.7. The highest BCUT2D eigenvalue weighted by atomic mass is 19.1. The number of carbonyl (C=O) groups excluding carboxylic acids is 1. The molecule has 7 nitrogen and oxygen atoms in total. The smallest absolute Gasteiger partial charge is 0.283 e. The highest BCUT2D eigenvalue weighted by Crippen LogP contribution is 2.33. The summed E-state index contributed by atoms with van der Waals surface area (Å²) >= 11 is 0. The Hall–Kier alpha value is -2.97. The molecule has 1 aliphatic heterocycles. The molecule has 1 aromatic carbocycles. The van der Waals surface area contributed by atoms with Gasteiger partial charge in [0.05, 0.1) is 5.56 Å². The summed E-state index contributed by atoms with van der Waals surface area (Å²) < 4.78 is 27.5. The van der Waals surface area contributed by atoms with Crippen molar-refractivity contribution in [3.05, 3.63) is 70.6 Å². The van der Waals surface area contributed by atoms with Crippen LogP contribution in [0.1, 0.15) is 51.7 Å². The largest absolute Gasteiger partial charge is 0.469 e. The fourth-order valence-electron chi connectivity index (χ4n) is 3.92. The predicted octanol–water partition coefficient (Wildman–Crippen LogP) is 3.60.